The molecule has 2 fully saturated rings. The van der Waals surface area contributed by atoms with Gasteiger partial charge in [0.25, 0.3) is 9.87 Å². The highest BCUT2D eigenvalue weighted by molar-refractivity contribution is 7.99. The van der Waals surface area contributed by atoms with Gasteiger partial charge in [0, 0.05) is 0 Å². The molecule has 0 spiro atoms. The van der Waals surface area contributed by atoms with Crippen molar-refractivity contribution in [3.05, 3.63) is 316 Å². The monoisotopic (exact) mass is 1380 g/mol. The minimum absolute atomic E-state index is 0.0484. The van der Waals surface area contributed by atoms with Crippen LogP contribution >= 0.6 is 0 Å². The number of aliphatic hydroxyl groups is 4. The second-order valence-corrected chi connectivity index (χ2v) is 30.7. The van der Waals surface area contributed by atoms with E-state index in [0.717, 1.165) is 0 Å². The first-order chi connectivity index (χ1) is 47.2. The minimum atomic E-state index is -6.53. The van der Waals surface area contributed by atoms with Crippen molar-refractivity contribution in [2.24, 2.45) is 0 Å². The third-order valence-corrected chi connectivity index (χ3v) is 25.7. The highest BCUT2D eigenvalue weighted by Crippen LogP contribution is 2.59. The lowest BCUT2D eigenvalue weighted by Gasteiger charge is -2.58. The fourth-order valence-corrected chi connectivity index (χ4v) is 21.4. The van der Waals surface area contributed by atoms with Crippen LogP contribution in [0.25, 0.3) is 0 Å². The molecule has 10 atom stereocenters. The average Bonchev–Trinajstić information content (AvgIpc) is 0.649. The van der Waals surface area contributed by atoms with Gasteiger partial charge in [0.1, 0.15) is 30.5 Å². The first-order valence-corrected chi connectivity index (χ1v) is 36.6. The number of aryl methyl sites for hydroxylation is 3. The van der Waals surface area contributed by atoms with Gasteiger partial charge in [-0.3, -0.25) is 0 Å². The summed E-state index contributed by atoms with van der Waals surface area (Å²) in [4.78, 5) is -17.0. The molecule has 2 saturated heterocycles. The van der Waals surface area contributed by atoms with Crippen molar-refractivity contribution >= 4 is 29.5 Å². The smallest absolute Gasteiger partial charge is 0.270 e. The van der Waals surface area contributed by atoms with Crippen molar-refractivity contribution in [2.45, 2.75) is 132 Å². The first-order valence-electron chi connectivity index (χ1n) is 32.2. The zero-order valence-electron chi connectivity index (χ0n) is 54.5. The SMILES string of the molecule is C=CCOC1O[C@H](COCc2ccccc2)[C@@H](O[C@@H]2O[C@H](CO)[C@](O)(S(=O)(=O)c3c(C)cccc3Cc3ccccc3)[C@@](O)(S(=O)(=O)c3c(C)cccc3Cc3ccccc3)[C@]2(O)S(=O)(=O)c2c(C)cccc2Cc2ccccc2)[C@H](OCc2ccccc2)[C@H]1OCc1ccccc1. The Morgan fingerprint density at radius 3 is 1.19 bits per heavy atom. The van der Waals surface area contributed by atoms with Gasteiger partial charge in [-0.15, -0.1) is 6.58 Å². The van der Waals surface area contributed by atoms with E-state index in [0.29, 0.717) is 33.4 Å². The maximum absolute atomic E-state index is 17.6. The molecule has 0 aliphatic carbocycles. The van der Waals surface area contributed by atoms with Gasteiger partial charge in [0.2, 0.25) is 40.7 Å². The number of hydrogen-bond acceptors (Lipinski definition) is 17. The number of benzene rings is 9. The van der Waals surface area contributed by atoms with Crippen LogP contribution in [0.15, 0.2) is 264 Å². The van der Waals surface area contributed by atoms with Crippen LogP contribution in [0.5, 0.6) is 0 Å². The molecular weight excluding hydrogens is 1310 g/mol. The zero-order chi connectivity index (χ0) is 69.3. The van der Waals surface area contributed by atoms with Crippen LogP contribution in [0.2, 0.25) is 0 Å². The standard InChI is InChI=1S/C78H80O17S3/c1-5-45-90-74-70(92-52-62-40-22-11-23-41-62)69(91-51-61-38-20-10-21-39-61)68(66(93-74)53-89-50-60-36-18-9-19-37-60)95-75-77(81,97(85,86)72-55(3)28-25-43-64(72)47-58-32-14-7-15-33-58)78(82,98(87,88)73-56(4)29-26-44-65(73)48-59-34-16-8-17-35-59)76(80,67(49-79)94-75)96(83,84)71-54(2)27-24-42-63(71)46-57-30-12-6-13-31-57/h5-44,66-70,74-75,79-82H,1,45-53H2,2-4H3/t66-,67-,68-,69+,70-,74?,75+,76+,77-,78-/m1/s1. The molecular formula is C78H80O17S3. The number of aliphatic hydroxyl groups excluding tert-OH is 1. The van der Waals surface area contributed by atoms with Crippen LogP contribution in [-0.2, 0) is 102 Å². The summed E-state index contributed by atoms with van der Waals surface area (Å²) in [5, 5.41) is 57.3. The van der Waals surface area contributed by atoms with Crippen molar-refractivity contribution in [1.29, 1.82) is 0 Å². The predicted molar refractivity (Wildman–Crippen MR) is 369 cm³/mol. The van der Waals surface area contributed by atoms with Crippen LogP contribution in [0.4, 0.5) is 0 Å². The largest absolute Gasteiger partial charge is 0.394 e. The van der Waals surface area contributed by atoms with Gasteiger partial charge in [-0.2, -0.15) is 0 Å². The van der Waals surface area contributed by atoms with Crippen LogP contribution in [0.1, 0.15) is 66.8 Å². The molecule has 2 heterocycles. The second kappa shape index (κ2) is 30.7. The third-order valence-electron chi connectivity index (χ3n) is 18.0. The predicted octanol–water partition coefficient (Wildman–Crippen LogP) is 10.6. The topological polar surface area (TPSA) is 248 Å². The summed E-state index contributed by atoms with van der Waals surface area (Å²) < 4.78 is 152. The number of rotatable bonds is 28. The Kier molecular flexibility index (Phi) is 22.4. The molecule has 2 aliphatic rings. The van der Waals surface area contributed by atoms with Crippen molar-refractivity contribution < 1.29 is 78.8 Å². The quantitative estimate of drug-likeness (QED) is 0.0333. The zero-order valence-corrected chi connectivity index (χ0v) is 57.0. The molecule has 0 aromatic heterocycles. The Balaban J connectivity index is 1.23. The number of hydrogen-bond donors (Lipinski definition) is 4. The maximum atomic E-state index is 17.6. The molecule has 0 radical (unpaired) electrons. The number of sulfone groups is 3. The van der Waals surface area contributed by atoms with E-state index in [1.807, 2.05) is 48.5 Å². The van der Waals surface area contributed by atoms with Crippen molar-refractivity contribution in [3.8, 4) is 0 Å². The molecule has 17 nitrogen and oxygen atoms in total. The molecule has 512 valence electrons. The fourth-order valence-electron chi connectivity index (χ4n) is 13.3. The molecule has 9 aromatic carbocycles. The second-order valence-electron chi connectivity index (χ2n) is 24.7. The average molecular weight is 1390 g/mol. The minimum Gasteiger partial charge on any atom is -0.394 e. The van der Waals surface area contributed by atoms with Crippen LogP contribution in [0.3, 0.4) is 0 Å². The van der Waals surface area contributed by atoms with Gasteiger partial charge >= 0.3 is 0 Å². The van der Waals surface area contributed by atoms with E-state index in [9.17, 15) is 10.2 Å². The summed E-state index contributed by atoms with van der Waals surface area (Å²) in [6.45, 7) is 5.29. The van der Waals surface area contributed by atoms with Crippen LogP contribution in [0, 0.1) is 20.8 Å². The van der Waals surface area contributed by atoms with E-state index in [2.05, 4.69) is 6.58 Å². The highest BCUT2D eigenvalue weighted by atomic mass is 32.2. The van der Waals surface area contributed by atoms with Gasteiger partial charge in [-0.05, 0) is 107 Å². The van der Waals surface area contributed by atoms with Gasteiger partial charge in [0.15, 0.2) is 6.29 Å². The van der Waals surface area contributed by atoms with E-state index in [1.54, 1.807) is 133 Å². The lowest BCUT2D eigenvalue weighted by molar-refractivity contribution is -0.383. The molecule has 11 rings (SSSR count). The Morgan fingerprint density at radius 1 is 0.429 bits per heavy atom. The van der Waals surface area contributed by atoms with Crippen molar-refractivity contribution in [3.63, 3.8) is 0 Å². The molecule has 98 heavy (non-hydrogen) atoms. The Morgan fingerprint density at radius 2 is 0.796 bits per heavy atom. The van der Waals surface area contributed by atoms with Gasteiger partial charge in [-0.1, -0.05) is 243 Å². The molecule has 1 unspecified atom stereocenters. The van der Waals surface area contributed by atoms with E-state index >= 15 is 35.5 Å². The van der Waals surface area contributed by atoms with Gasteiger partial charge in [0.05, 0.1) is 54.3 Å². The Bertz CT molecular complexity index is 4520. The van der Waals surface area contributed by atoms with E-state index in [1.165, 1.54) is 81.4 Å². The van der Waals surface area contributed by atoms with E-state index in [4.69, 9.17) is 33.2 Å². The van der Waals surface area contributed by atoms with Crippen LogP contribution in [-0.4, -0.2) is 123 Å². The normalized spacial score (nSPS) is 23.6. The fraction of sp³-hybridized carbons (Fsp3) is 0.282. The van der Waals surface area contributed by atoms with E-state index < -0.39 is 115 Å². The van der Waals surface area contributed by atoms with Crippen LogP contribution < -0.4 is 0 Å². The Labute approximate surface area is 573 Å². The molecule has 0 saturated carbocycles. The molecule has 2 aliphatic heterocycles. The summed E-state index contributed by atoms with van der Waals surface area (Å²) in [5.41, 5.74) is 2.96. The highest BCUT2D eigenvalue weighted by Gasteiger charge is 2.88. The lowest BCUT2D eigenvalue weighted by atomic mass is 9.94. The molecule has 20 heteroatoms. The molecule has 0 amide bonds. The van der Waals surface area contributed by atoms with E-state index in [-0.39, 0.29) is 79.1 Å². The molecule has 4 N–H and O–H groups in total. The van der Waals surface area contributed by atoms with Crippen molar-refractivity contribution in [2.75, 3.05) is 19.8 Å². The summed E-state index contributed by atoms with van der Waals surface area (Å²) in [7, 11) is -19.1. The first kappa shape index (κ1) is 71.4. The Hall–Kier alpha value is -7.87. The number of ether oxygens (including phenoxy) is 7. The maximum Gasteiger partial charge on any atom is 0.270 e. The summed E-state index contributed by atoms with van der Waals surface area (Å²) in [6.07, 6.45) is -13.2. The molecule has 9 aromatic rings. The van der Waals surface area contributed by atoms with Gasteiger partial charge in [-0.25, -0.2) is 25.3 Å². The summed E-state index contributed by atoms with van der Waals surface area (Å²) >= 11 is 0. The molecule has 0 bridgehead atoms. The lowest BCUT2D eigenvalue weighted by Crippen LogP contribution is -2.86. The third kappa shape index (κ3) is 13.9. The van der Waals surface area contributed by atoms with Crippen molar-refractivity contribution in [1.82, 2.24) is 0 Å². The summed E-state index contributed by atoms with van der Waals surface area (Å²) in [5.74, 6) is 0. The van der Waals surface area contributed by atoms with Gasteiger partial charge < -0.3 is 53.6 Å². The summed E-state index contributed by atoms with van der Waals surface area (Å²) in [6, 6.07) is 65.7.